The largest absolute Gasteiger partial charge is 0.456 e. The van der Waals surface area contributed by atoms with Gasteiger partial charge in [-0.3, -0.25) is 29.3 Å². The second-order valence-electron chi connectivity index (χ2n) is 22.5. The number of ketones is 1. The van der Waals surface area contributed by atoms with Crippen molar-refractivity contribution in [2.45, 2.75) is 186 Å². The monoisotopic (exact) mass is 1130 g/mol. The van der Waals surface area contributed by atoms with Crippen LogP contribution in [0.2, 0.25) is 36.3 Å². The lowest BCUT2D eigenvalue weighted by Crippen LogP contribution is -2.82. The number of nitro groups is 1. The fourth-order valence-electron chi connectivity index (χ4n) is 13.2. The fourth-order valence-corrected chi connectivity index (χ4v) is 18.9. The van der Waals surface area contributed by atoms with E-state index in [9.17, 15) is 29.6 Å². The maximum absolute atomic E-state index is 16.7. The first-order valence-corrected chi connectivity index (χ1v) is 32.8. The summed E-state index contributed by atoms with van der Waals surface area (Å²) in [4.78, 5) is 100. The van der Waals surface area contributed by atoms with Gasteiger partial charge in [-0.15, -0.1) is 0 Å². The van der Waals surface area contributed by atoms with Crippen molar-refractivity contribution in [3.63, 3.8) is 0 Å². The number of fused-ring (bicyclic) bond motifs is 5. The van der Waals surface area contributed by atoms with E-state index >= 15 is 14.4 Å². The number of hydrogen-bond donors (Lipinski definition) is 2. The third-order valence-corrected chi connectivity index (χ3v) is 27.6. The first kappa shape index (κ1) is 60.7. The lowest BCUT2D eigenvalue weighted by Gasteiger charge is -2.68. The number of nitro benzene ring substituents is 1. The maximum Gasteiger partial charge on any atom is 0.338 e. The zero-order chi connectivity index (χ0) is 58.0. The number of benzene rings is 3. The minimum absolute atomic E-state index is 0.0159. The van der Waals surface area contributed by atoms with Gasteiger partial charge in [-0.25, -0.2) is 9.59 Å². The Bertz CT molecular complexity index is 2800. The van der Waals surface area contributed by atoms with Crippen LogP contribution >= 0.6 is 0 Å². The highest BCUT2D eigenvalue weighted by Crippen LogP contribution is 2.65. The van der Waals surface area contributed by atoms with E-state index in [0.717, 1.165) is 13.0 Å². The summed E-state index contributed by atoms with van der Waals surface area (Å²) in [5, 5.41) is 29.7. The number of rotatable bonds is 21. The summed E-state index contributed by atoms with van der Waals surface area (Å²) in [5.74, 6) is -6.45. The molecule has 1 amide bonds. The van der Waals surface area contributed by atoms with Gasteiger partial charge in [0.05, 0.1) is 40.6 Å². The molecule has 3 aromatic rings. The van der Waals surface area contributed by atoms with E-state index in [4.69, 9.17) is 32.5 Å². The number of carbonyl (C=O) groups is 6. The van der Waals surface area contributed by atoms with Crippen molar-refractivity contribution in [2.75, 3.05) is 6.61 Å². The summed E-state index contributed by atoms with van der Waals surface area (Å²) in [5.41, 5.74) is -7.50. The van der Waals surface area contributed by atoms with Crippen LogP contribution in [-0.4, -0.2) is 117 Å². The van der Waals surface area contributed by atoms with Crippen molar-refractivity contribution in [1.29, 1.82) is 0 Å². The molecule has 7 rings (SSSR count). The van der Waals surface area contributed by atoms with Gasteiger partial charge in [0.25, 0.3) is 11.6 Å². The number of non-ortho nitro benzene ring substituents is 1. The number of nitrogens with zero attached hydrogens (tertiary/aromatic N) is 1. The van der Waals surface area contributed by atoms with E-state index in [-0.39, 0.29) is 29.7 Å². The molecule has 1 heterocycles. The van der Waals surface area contributed by atoms with E-state index in [1.165, 1.54) is 25.1 Å². The summed E-state index contributed by atoms with van der Waals surface area (Å²) < 4.78 is 46.9. The molecule has 3 fully saturated rings. The van der Waals surface area contributed by atoms with Crippen LogP contribution in [0.5, 0.6) is 0 Å². The Labute approximate surface area is 465 Å². The van der Waals surface area contributed by atoms with Gasteiger partial charge >= 0.3 is 23.9 Å². The Balaban J connectivity index is 1.51. The van der Waals surface area contributed by atoms with E-state index in [1.807, 2.05) is 41.5 Å². The number of amides is 1. The molecule has 428 valence electrons. The van der Waals surface area contributed by atoms with Crippen LogP contribution in [0.15, 0.2) is 96.1 Å². The molecule has 3 aliphatic carbocycles. The molecule has 2 bridgehead atoms. The molecule has 4 aliphatic rings. The number of esters is 4. The normalized spacial score (nSPS) is 28.0. The number of Topliss-reactive ketones (excluding diaryl/α,β-unsaturated/α-hetero) is 1. The first-order valence-electron chi connectivity index (χ1n) is 27.7. The number of hydrogen-bond acceptors (Lipinski definition) is 16. The second kappa shape index (κ2) is 23.7. The molecule has 0 aromatic heterocycles. The van der Waals surface area contributed by atoms with Crippen LogP contribution in [0, 0.1) is 26.9 Å². The standard InChI is InChI=1S/C59H78N2O16Si2/c1-13-78(14-2,15-3)76-44-33-45-58(35-71-45,75-38(9)63)50-52(74-54(66)41-30-25-31-42(32-41)61(69)70)59(68)34-43(36(7)46(56(59,10)11)48(72-37(8)62)51(64)57(44,50)12)73-55(67)49(77-79(16-4,17-5)18-6)47(39-26-21-19-22-27-39)60-53(65)40-28-23-20-24-29-40/h19-32,43-45,47-50,52,68H,13-18,33-35H2,1-12H3,(H,60,65)/t43-,44-,45+,47-,48+,49+,50-,52-,57+,58-,59+/m0/s1. The molecule has 2 saturated carbocycles. The van der Waals surface area contributed by atoms with Crippen LogP contribution < -0.4 is 5.32 Å². The number of carbonyl (C=O) groups excluding carboxylic acids is 6. The highest BCUT2D eigenvalue weighted by molar-refractivity contribution is 6.74. The Morgan fingerprint density at radius 1 is 0.797 bits per heavy atom. The van der Waals surface area contributed by atoms with Gasteiger partial charge in [0.1, 0.15) is 23.9 Å². The third kappa shape index (κ3) is 11.0. The highest BCUT2D eigenvalue weighted by Gasteiger charge is 2.79. The Morgan fingerprint density at radius 3 is 1.91 bits per heavy atom. The fraction of sp³-hybridized carbons (Fsp3) is 0.559. The summed E-state index contributed by atoms with van der Waals surface area (Å²) >= 11 is 0. The van der Waals surface area contributed by atoms with Crippen LogP contribution in [0.25, 0.3) is 0 Å². The molecule has 2 N–H and O–H groups in total. The predicted octanol–water partition coefficient (Wildman–Crippen LogP) is 9.70. The molecular weight excluding hydrogens is 1050 g/mol. The molecule has 1 aliphatic heterocycles. The average molecular weight is 1130 g/mol. The van der Waals surface area contributed by atoms with E-state index in [1.54, 1.807) is 88.4 Å². The molecule has 3 aromatic carbocycles. The van der Waals surface area contributed by atoms with Gasteiger partial charge < -0.3 is 43.0 Å². The van der Waals surface area contributed by atoms with Crippen molar-refractivity contribution in [2.24, 2.45) is 16.7 Å². The summed E-state index contributed by atoms with van der Waals surface area (Å²) in [6.45, 7) is 20.5. The Morgan fingerprint density at radius 2 is 1.38 bits per heavy atom. The van der Waals surface area contributed by atoms with Gasteiger partial charge in [-0.1, -0.05) is 110 Å². The Hall–Kier alpha value is -5.91. The molecule has 11 atom stereocenters. The minimum Gasteiger partial charge on any atom is -0.456 e. The summed E-state index contributed by atoms with van der Waals surface area (Å²) in [7, 11) is -5.54. The minimum atomic E-state index is -2.81. The predicted molar refractivity (Wildman–Crippen MR) is 296 cm³/mol. The molecule has 18 nitrogen and oxygen atoms in total. The van der Waals surface area contributed by atoms with E-state index in [2.05, 4.69) is 5.32 Å². The summed E-state index contributed by atoms with van der Waals surface area (Å²) in [6.07, 6.45) is -9.25. The molecule has 0 unspecified atom stereocenters. The van der Waals surface area contributed by atoms with Gasteiger partial charge in [-0.2, -0.15) is 0 Å². The molecular formula is C59H78N2O16Si2. The summed E-state index contributed by atoms with van der Waals surface area (Å²) in [6, 6.07) is 24.8. The average Bonchev–Trinajstić information content (AvgIpc) is 3.23. The molecule has 0 spiro atoms. The molecule has 79 heavy (non-hydrogen) atoms. The maximum atomic E-state index is 16.7. The third-order valence-electron chi connectivity index (χ3n) is 18.3. The van der Waals surface area contributed by atoms with Crippen molar-refractivity contribution in [3.8, 4) is 0 Å². The lowest BCUT2D eigenvalue weighted by molar-refractivity contribution is -0.384. The van der Waals surface area contributed by atoms with E-state index in [0.29, 0.717) is 47.4 Å². The number of ether oxygens (including phenoxy) is 5. The zero-order valence-electron chi connectivity index (χ0n) is 47.6. The Kier molecular flexibility index (Phi) is 18.2. The van der Waals surface area contributed by atoms with E-state index < -0.39 is 140 Å². The smallest absolute Gasteiger partial charge is 0.338 e. The second-order valence-corrected chi connectivity index (χ2v) is 31.9. The van der Waals surface area contributed by atoms with Crippen molar-refractivity contribution >= 4 is 57.9 Å². The zero-order valence-corrected chi connectivity index (χ0v) is 49.6. The number of nitrogens with one attached hydrogen (secondary N) is 1. The van der Waals surface area contributed by atoms with Crippen molar-refractivity contribution < 1.29 is 71.3 Å². The number of aliphatic hydroxyl groups is 1. The molecule has 0 radical (unpaired) electrons. The van der Waals surface area contributed by atoms with Crippen LogP contribution in [0.4, 0.5) is 5.69 Å². The SMILES string of the molecule is CC[Si](CC)(CC)O[C@H]1C[C@H]2OC[C@@]2(OC(C)=O)[C@H]2[C@H](OC(=O)c3cccc([N+](=O)[O-])c3)[C@]3(O)C[C@H](OC(=O)[C@H](O[Si](CC)(CC)CC)[C@@H](NC(=O)c4ccccc4)c4ccccc4)C(C)=C([C@@H](OC(C)=O)C(=O)[C@]12C)C3(C)C. The highest BCUT2D eigenvalue weighted by atomic mass is 28.4. The van der Waals surface area contributed by atoms with Crippen LogP contribution in [-0.2, 0) is 51.7 Å². The quantitative estimate of drug-likeness (QED) is 0.0252. The van der Waals surface area contributed by atoms with Crippen molar-refractivity contribution in [3.05, 3.63) is 123 Å². The first-order chi connectivity index (χ1) is 37.3. The van der Waals surface area contributed by atoms with Gasteiger partial charge in [0, 0.05) is 49.8 Å². The van der Waals surface area contributed by atoms with Crippen LogP contribution in [0.3, 0.4) is 0 Å². The lowest BCUT2D eigenvalue weighted by atomic mass is 9.44. The van der Waals surface area contributed by atoms with Gasteiger partial charge in [0.2, 0.25) is 0 Å². The van der Waals surface area contributed by atoms with Gasteiger partial charge in [0.15, 0.2) is 40.2 Å². The van der Waals surface area contributed by atoms with Crippen molar-refractivity contribution in [1.82, 2.24) is 5.32 Å². The topological polar surface area (TPSA) is 242 Å². The molecule has 1 saturated heterocycles. The van der Waals surface area contributed by atoms with Gasteiger partial charge in [-0.05, 0) is 85.0 Å². The van der Waals surface area contributed by atoms with Crippen LogP contribution in [0.1, 0.15) is 128 Å². The molecule has 20 heteroatoms.